The lowest BCUT2D eigenvalue weighted by atomic mass is 9.70. The van der Waals surface area contributed by atoms with Crippen molar-refractivity contribution in [2.24, 2.45) is 10.6 Å². The van der Waals surface area contributed by atoms with Crippen LogP contribution in [0.5, 0.6) is 0 Å². The number of hydrogen-bond acceptors (Lipinski definition) is 2. The number of rotatable bonds is 4. The van der Waals surface area contributed by atoms with Crippen LogP contribution in [0, 0.1) is 5.41 Å². The zero-order valence-corrected chi connectivity index (χ0v) is 22.0. The van der Waals surface area contributed by atoms with Crippen LogP contribution in [0.15, 0.2) is 84.0 Å². The van der Waals surface area contributed by atoms with E-state index in [4.69, 9.17) is 4.84 Å². The third-order valence-corrected chi connectivity index (χ3v) is 7.20. The minimum atomic E-state index is -0.253. The summed E-state index contributed by atoms with van der Waals surface area (Å²) in [7, 11) is 0. The minimum Gasteiger partial charge on any atom is -0.390 e. The molecule has 3 aromatic rings. The number of hydrogen-bond donors (Lipinski definition) is 0. The van der Waals surface area contributed by atoms with Gasteiger partial charge in [0.15, 0.2) is 0 Å². The molecule has 1 aliphatic heterocycles. The summed E-state index contributed by atoms with van der Waals surface area (Å²) < 4.78 is 0. The van der Waals surface area contributed by atoms with E-state index in [1.54, 1.807) is 0 Å². The average molecular weight is 454 g/mol. The second kappa shape index (κ2) is 8.73. The molecule has 1 heterocycles. The van der Waals surface area contributed by atoms with Gasteiger partial charge in [0.1, 0.15) is 6.10 Å². The highest BCUT2D eigenvalue weighted by Gasteiger charge is 2.47. The van der Waals surface area contributed by atoms with Crippen molar-refractivity contribution in [3.63, 3.8) is 0 Å². The van der Waals surface area contributed by atoms with Crippen molar-refractivity contribution in [1.82, 2.24) is 0 Å². The maximum absolute atomic E-state index is 6.29. The Morgan fingerprint density at radius 2 is 1.12 bits per heavy atom. The number of nitrogens with zero attached hydrogens (tertiary/aromatic N) is 1. The van der Waals surface area contributed by atoms with E-state index >= 15 is 0 Å². The van der Waals surface area contributed by atoms with E-state index in [0.29, 0.717) is 0 Å². The molecule has 0 N–H and O–H groups in total. The quantitative estimate of drug-likeness (QED) is 0.390. The minimum absolute atomic E-state index is 0.0722. The smallest absolute Gasteiger partial charge is 0.149 e. The van der Waals surface area contributed by atoms with Gasteiger partial charge in [0.25, 0.3) is 0 Å². The molecule has 178 valence electrons. The summed E-state index contributed by atoms with van der Waals surface area (Å²) in [5.74, 6) is 0.0722. The van der Waals surface area contributed by atoms with Crippen molar-refractivity contribution < 1.29 is 4.84 Å². The molecule has 3 aromatic carbocycles. The fourth-order valence-electron chi connectivity index (χ4n) is 4.91. The maximum Gasteiger partial charge on any atom is 0.149 e. The maximum atomic E-state index is 6.29. The van der Waals surface area contributed by atoms with Gasteiger partial charge in [-0.25, -0.2) is 0 Å². The van der Waals surface area contributed by atoms with Crippen LogP contribution in [-0.2, 0) is 15.7 Å². The van der Waals surface area contributed by atoms with Gasteiger partial charge in [-0.1, -0.05) is 139 Å². The van der Waals surface area contributed by atoms with Crippen LogP contribution in [0.3, 0.4) is 0 Å². The summed E-state index contributed by atoms with van der Waals surface area (Å²) in [6, 6.07) is 28.6. The molecule has 1 unspecified atom stereocenters. The first-order valence-corrected chi connectivity index (χ1v) is 12.4. The van der Waals surface area contributed by atoms with Crippen molar-refractivity contribution in [3.05, 3.63) is 107 Å². The van der Waals surface area contributed by atoms with Gasteiger partial charge in [-0.15, -0.1) is 0 Å². The summed E-state index contributed by atoms with van der Waals surface area (Å²) >= 11 is 0. The van der Waals surface area contributed by atoms with Crippen LogP contribution in [0.4, 0.5) is 0 Å². The van der Waals surface area contributed by atoms with Gasteiger partial charge in [-0.3, -0.25) is 0 Å². The lowest BCUT2D eigenvalue weighted by Crippen LogP contribution is -2.38. The van der Waals surface area contributed by atoms with E-state index < -0.39 is 0 Å². The molecule has 0 radical (unpaired) electrons. The van der Waals surface area contributed by atoms with E-state index in [9.17, 15) is 0 Å². The third kappa shape index (κ3) is 4.69. The zero-order valence-electron chi connectivity index (χ0n) is 22.0. The van der Waals surface area contributed by atoms with Gasteiger partial charge < -0.3 is 4.84 Å². The van der Waals surface area contributed by atoms with E-state index in [1.807, 2.05) is 6.07 Å². The Hall–Kier alpha value is -2.87. The Morgan fingerprint density at radius 1 is 0.676 bits per heavy atom. The highest BCUT2D eigenvalue weighted by atomic mass is 16.6. The first kappa shape index (κ1) is 24.3. The summed E-state index contributed by atoms with van der Waals surface area (Å²) in [6.45, 7) is 18.1. The van der Waals surface area contributed by atoms with Crippen LogP contribution in [0.1, 0.15) is 89.1 Å². The molecule has 0 amide bonds. The number of oxime groups is 1. The lowest BCUT2D eigenvalue weighted by Gasteiger charge is -2.33. The molecular weight excluding hydrogens is 414 g/mol. The predicted octanol–water partition coefficient (Wildman–Crippen LogP) is 8.24. The predicted molar refractivity (Wildman–Crippen MR) is 144 cm³/mol. The first-order chi connectivity index (χ1) is 15.9. The van der Waals surface area contributed by atoms with E-state index in [1.165, 1.54) is 22.3 Å². The van der Waals surface area contributed by atoms with Gasteiger partial charge in [0, 0.05) is 5.92 Å². The van der Waals surface area contributed by atoms with Crippen LogP contribution in [0.25, 0.3) is 0 Å². The fourth-order valence-corrected chi connectivity index (χ4v) is 4.91. The standard InChI is InChI=1S/C32H39NO/c1-30(2,3)25-18-14-22(15-19-25)27(23-16-20-26(21-17-23)31(4,5)6)29-32(7,8)28(33-34-29)24-12-10-9-11-13-24/h9-21,27,29H,1-8H3. The molecule has 0 fully saturated rings. The van der Waals surface area contributed by atoms with Gasteiger partial charge in [0.2, 0.25) is 0 Å². The summed E-state index contributed by atoms with van der Waals surface area (Å²) in [6.07, 6.45) is -0.108. The van der Waals surface area contributed by atoms with E-state index in [0.717, 1.165) is 11.3 Å². The Labute approximate surface area is 206 Å². The van der Waals surface area contributed by atoms with Gasteiger partial charge in [-0.05, 0) is 38.6 Å². The average Bonchev–Trinajstić information content (AvgIpc) is 3.08. The normalized spacial score (nSPS) is 18.0. The second-order valence-electron chi connectivity index (χ2n) is 12.3. The van der Waals surface area contributed by atoms with Crippen LogP contribution < -0.4 is 0 Å². The molecule has 0 spiro atoms. The first-order valence-electron chi connectivity index (χ1n) is 12.4. The topological polar surface area (TPSA) is 21.6 Å². The molecule has 1 atom stereocenters. The van der Waals surface area contributed by atoms with Crippen LogP contribution in [-0.4, -0.2) is 11.8 Å². The third-order valence-electron chi connectivity index (χ3n) is 7.20. The van der Waals surface area contributed by atoms with Crippen molar-refractivity contribution >= 4 is 5.71 Å². The molecule has 2 nitrogen and oxygen atoms in total. The lowest BCUT2D eigenvalue weighted by molar-refractivity contribution is 0.0247. The molecule has 4 rings (SSSR count). The molecule has 0 saturated carbocycles. The monoisotopic (exact) mass is 453 g/mol. The highest BCUT2D eigenvalue weighted by Crippen LogP contribution is 2.45. The summed E-state index contributed by atoms with van der Waals surface area (Å²) in [5, 5.41) is 4.64. The SMILES string of the molecule is CC(C)(C)c1ccc(C(c2ccc(C(C)(C)C)cc2)C2ON=C(c3ccccc3)C2(C)C)cc1. The number of benzene rings is 3. The molecule has 0 aliphatic carbocycles. The van der Waals surface area contributed by atoms with Gasteiger partial charge in [0.05, 0.1) is 11.1 Å². The molecule has 0 saturated heterocycles. The molecule has 0 bridgehead atoms. The van der Waals surface area contributed by atoms with Crippen molar-refractivity contribution in [2.75, 3.05) is 0 Å². The highest BCUT2D eigenvalue weighted by molar-refractivity contribution is 6.05. The van der Waals surface area contributed by atoms with Gasteiger partial charge >= 0.3 is 0 Å². The molecular formula is C32H39NO. The van der Waals surface area contributed by atoms with Crippen LogP contribution in [0.2, 0.25) is 0 Å². The second-order valence-corrected chi connectivity index (χ2v) is 12.3. The Kier molecular flexibility index (Phi) is 6.23. The molecule has 34 heavy (non-hydrogen) atoms. The Balaban J connectivity index is 1.77. The van der Waals surface area contributed by atoms with Crippen LogP contribution >= 0.6 is 0 Å². The zero-order chi connectivity index (χ0) is 24.7. The molecule has 2 heteroatoms. The van der Waals surface area contributed by atoms with Gasteiger partial charge in [-0.2, -0.15) is 0 Å². The largest absolute Gasteiger partial charge is 0.390 e. The molecule has 1 aliphatic rings. The molecule has 0 aromatic heterocycles. The van der Waals surface area contributed by atoms with E-state index in [2.05, 4.69) is 133 Å². The van der Waals surface area contributed by atoms with Crippen molar-refractivity contribution in [2.45, 2.75) is 78.2 Å². The Bertz CT molecular complexity index is 1080. The summed E-state index contributed by atoms with van der Waals surface area (Å²) in [5.41, 5.74) is 7.33. The fraction of sp³-hybridized carbons (Fsp3) is 0.406. The Morgan fingerprint density at radius 3 is 1.53 bits per heavy atom. The van der Waals surface area contributed by atoms with Crippen molar-refractivity contribution in [1.29, 1.82) is 0 Å². The van der Waals surface area contributed by atoms with E-state index in [-0.39, 0.29) is 28.3 Å². The summed E-state index contributed by atoms with van der Waals surface area (Å²) in [4.78, 5) is 6.29. The van der Waals surface area contributed by atoms with Crippen molar-refractivity contribution in [3.8, 4) is 0 Å².